The molecule has 2 aromatic rings. The van der Waals surface area contributed by atoms with Crippen LogP contribution in [0.2, 0.25) is 0 Å². The van der Waals surface area contributed by atoms with E-state index in [1.807, 2.05) is 6.92 Å². The SMILES string of the molecule is CCC(Sc1nc(CSC(C)C)cc(=O)[nH]1)C(=O)Nc1cccc(C(C)=O)c1. The number of carbonyl (C=O) groups excluding carboxylic acids is 2. The molecule has 0 saturated carbocycles. The molecular formula is C20H25N3O3S2. The van der Waals surface area contributed by atoms with Crippen LogP contribution in [-0.2, 0) is 10.5 Å². The quantitative estimate of drug-likeness (QED) is 0.361. The number of thioether (sulfide) groups is 2. The van der Waals surface area contributed by atoms with E-state index in [-0.39, 0.29) is 17.2 Å². The van der Waals surface area contributed by atoms with E-state index in [4.69, 9.17) is 0 Å². The number of ketones is 1. The number of nitrogens with zero attached hydrogens (tertiary/aromatic N) is 1. The third kappa shape index (κ3) is 6.83. The molecule has 8 heteroatoms. The molecule has 0 aliphatic carbocycles. The molecule has 150 valence electrons. The van der Waals surface area contributed by atoms with Crippen molar-refractivity contribution >= 4 is 40.9 Å². The van der Waals surface area contributed by atoms with Crippen molar-refractivity contribution in [2.24, 2.45) is 0 Å². The third-order valence-electron chi connectivity index (χ3n) is 3.79. The Kier molecular flexibility index (Phi) is 8.32. The molecule has 1 amide bonds. The van der Waals surface area contributed by atoms with Crippen molar-refractivity contribution in [2.75, 3.05) is 5.32 Å². The van der Waals surface area contributed by atoms with Gasteiger partial charge in [0.15, 0.2) is 10.9 Å². The van der Waals surface area contributed by atoms with Crippen molar-refractivity contribution in [3.8, 4) is 0 Å². The number of aromatic amines is 1. The highest BCUT2D eigenvalue weighted by Crippen LogP contribution is 2.24. The van der Waals surface area contributed by atoms with Gasteiger partial charge in [-0.15, -0.1) is 0 Å². The maximum atomic E-state index is 12.7. The van der Waals surface area contributed by atoms with Gasteiger partial charge in [0, 0.05) is 23.1 Å². The summed E-state index contributed by atoms with van der Waals surface area (Å²) in [6.45, 7) is 7.57. The minimum Gasteiger partial charge on any atom is -0.325 e. The van der Waals surface area contributed by atoms with Crippen LogP contribution in [0.5, 0.6) is 0 Å². The molecule has 0 radical (unpaired) electrons. The molecule has 1 heterocycles. The average molecular weight is 420 g/mol. The highest BCUT2D eigenvalue weighted by atomic mass is 32.2. The molecule has 2 N–H and O–H groups in total. The number of benzene rings is 1. The van der Waals surface area contributed by atoms with E-state index < -0.39 is 5.25 Å². The molecule has 6 nitrogen and oxygen atoms in total. The predicted molar refractivity (Wildman–Crippen MR) is 116 cm³/mol. The summed E-state index contributed by atoms with van der Waals surface area (Å²) in [5.74, 6) is 0.392. The lowest BCUT2D eigenvalue weighted by Gasteiger charge is -2.15. The number of Topliss-reactive ketones (excluding diaryl/α,β-unsaturated/α-hetero) is 1. The average Bonchev–Trinajstić information content (AvgIpc) is 2.64. The number of aromatic nitrogens is 2. The number of carbonyl (C=O) groups is 2. The molecule has 0 bridgehead atoms. The van der Waals surface area contributed by atoms with Gasteiger partial charge in [-0.3, -0.25) is 14.4 Å². The van der Waals surface area contributed by atoms with E-state index in [1.165, 1.54) is 24.8 Å². The zero-order chi connectivity index (χ0) is 20.7. The van der Waals surface area contributed by atoms with Gasteiger partial charge < -0.3 is 10.3 Å². The molecule has 0 aliphatic heterocycles. The Hall–Kier alpha value is -2.06. The fraction of sp³-hybridized carbons (Fsp3) is 0.400. The van der Waals surface area contributed by atoms with Gasteiger partial charge in [0.05, 0.1) is 10.9 Å². The lowest BCUT2D eigenvalue weighted by atomic mass is 10.1. The molecule has 0 fully saturated rings. The van der Waals surface area contributed by atoms with Crippen LogP contribution in [0.4, 0.5) is 5.69 Å². The van der Waals surface area contributed by atoms with E-state index in [0.717, 1.165) is 0 Å². The molecule has 0 aliphatic rings. The summed E-state index contributed by atoms with van der Waals surface area (Å²) in [6, 6.07) is 8.33. The summed E-state index contributed by atoms with van der Waals surface area (Å²) in [5.41, 5.74) is 1.59. The van der Waals surface area contributed by atoms with Gasteiger partial charge in [-0.05, 0) is 30.7 Å². The highest BCUT2D eigenvalue weighted by Gasteiger charge is 2.20. The van der Waals surface area contributed by atoms with Crippen LogP contribution < -0.4 is 10.9 Å². The van der Waals surface area contributed by atoms with E-state index >= 15 is 0 Å². The van der Waals surface area contributed by atoms with E-state index in [2.05, 4.69) is 29.1 Å². The minimum absolute atomic E-state index is 0.0598. The fourth-order valence-electron chi connectivity index (χ4n) is 2.36. The lowest BCUT2D eigenvalue weighted by molar-refractivity contribution is -0.115. The normalized spacial score (nSPS) is 12.0. The highest BCUT2D eigenvalue weighted by molar-refractivity contribution is 8.00. The molecule has 1 aromatic carbocycles. The molecule has 2 rings (SSSR count). The van der Waals surface area contributed by atoms with Crippen molar-refractivity contribution < 1.29 is 9.59 Å². The van der Waals surface area contributed by atoms with E-state index in [1.54, 1.807) is 36.0 Å². The molecule has 0 saturated heterocycles. The number of anilines is 1. The first-order chi connectivity index (χ1) is 13.3. The summed E-state index contributed by atoms with van der Waals surface area (Å²) in [4.78, 5) is 43.3. The lowest BCUT2D eigenvalue weighted by Crippen LogP contribution is -2.25. The predicted octanol–water partition coefficient (Wildman–Crippen LogP) is 4.12. The number of amides is 1. The van der Waals surface area contributed by atoms with Gasteiger partial charge in [0.1, 0.15) is 0 Å². The summed E-state index contributed by atoms with van der Waals surface area (Å²) >= 11 is 2.94. The Morgan fingerprint density at radius 2 is 2.00 bits per heavy atom. The van der Waals surface area contributed by atoms with Gasteiger partial charge in [0.2, 0.25) is 5.91 Å². The van der Waals surface area contributed by atoms with Crippen LogP contribution in [0.25, 0.3) is 0 Å². The topological polar surface area (TPSA) is 91.9 Å². The van der Waals surface area contributed by atoms with Gasteiger partial charge in [0.25, 0.3) is 5.56 Å². The van der Waals surface area contributed by atoms with Crippen molar-refractivity contribution in [1.82, 2.24) is 9.97 Å². The van der Waals surface area contributed by atoms with Crippen LogP contribution >= 0.6 is 23.5 Å². The van der Waals surface area contributed by atoms with Gasteiger partial charge in [-0.25, -0.2) is 4.98 Å². The summed E-state index contributed by atoms with van der Waals surface area (Å²) in [7, 11) is 0. The number of rotatable bonds is 9. The number of nitrogens with one attached hydrogen (secondary N) is 2. The van der Waals surface area contributed by atoms with Gasteiger partial charge in [-0.2, -0.15) is 11.8 Å². The minimum atomic E-state index is -0.419. The monoisotopic (exact) mass is 419 g/mol. The van der Waals surface area contributed by atoms with Crippen LogP contribution in [-0.4, -0.2) is 32.2 Å². The van der Waals surface area contributed by atoms with Crippen LogP contribution in [0.1, 0.15) is 50.2 Å². The molecular weight excluding hydrogens is 394 g/mol. The summed E-state index contributed by atoms with van der Waals surface area (Å²) < 4.78 is 0. The molecule has 1 aromatic heterocycles. The fourth-order valence-corrected chi connectivity index (χ4v) is 3.94. The first-order valence-electron chi connectivity index (χ1n) is 9.08. The second-order valence-electron chi connectivity index (χ2n) is 6.54. The summed E-state index contributed by atoms with van der Waals surface area (Å²) in [6.07, 6.45) is 0.567. The van der Waals surface area contributed by atoms with Crippen molar-refractivity contribution in [2.45, 2.75) is 55.5 Å². The van der Waals surface area contributed by atoms with Gasteiger partial charge >= 0.3 is 0 Å². The zero-order valence-electron chi connectivity index (χ0n) is 16.4. The van der Waals surface area contributed by atoms with E-state index in [0.29, 0.717) is 39.5 Å². The zero-order valence-corrected chi connectivity index (χ0v) is 18.1. The maximum absolute atomic E-state index is 12.7. The number of hydrogen-bond acceptors (Lipinski definition) is 6. The second kappa shape index (κ2) is 10.5. The maximum Gasteiger partial charge on any atom is 0.251 e. The molecule has 0 spiro atoms. The molecule has 1 atom stereocenters. The first kappa shape index (κ1) is 22.2. The van der Waals surface area contributed by atoms with Crippen LogP contribution in [0.15, 0.2) is 40.3 Å². The second-order valence-corrected chi connectivity index (χ2v) is 9.30. The van der Waals surface area contributed by atoms with Gasteiger partial charge in [-0.1, -0.05) is 44.7 Å². The number of hydrogen-bond donors (Lipinski definition) is 2. The largest absolute Gasteiger partial charge is 0.325 e. The van der Waals surface area contributed by atoms with Crippen molar-refractivity contribution in [3.63, 3.8) is 0 Å². The molecule has 1 unspecified atom stereocenters. The van der Waals surface area contributed by atoms with Crippen molar-refractivity contribution in [3.05, 3.63) is 51.9 Å². The van der Waals surface area contributed by atoms with E-state index in [9.17, 15) is 14.4 Å². The van der Waals surface area contributed by atoms with Crippen LogP contribution in [0.3, 0.4) is 0 Å². The first-order valence-corrected chi connectivity index (χ1v) is 11.0. The Morgan fingerprint density at radius 1 is 1.25 bits per heavy atom. The number of H-pyrrole nitrogens is 1. The molecule has 28 heavy (non-hydrogen) atoms. The Morgan fingerprint density at radius 3 is 2.64 bits per heavy atom. The van der Waals surface area contributed by atoms with Crippen molar-refractivity contribution in [1.29, 1.82) is 0 Å². The Labute approximate surface area is 173 Å². The smallest absolute Gasteiger partial charge is 0.251 e. The Bertz CT molecular complexity index is 896. The third-order valence-corrected chi connectivity index (χ3v) is 6.17. The summed E-state index contributed by atoms with van der Waals surface area (Å²) in [5, 5.41) is 3.30. The standard InChI is InChI=1S/C20H25N3O3S2/c1-5-17(19(26)21-15-8-6-7-14(9-15)13(4)24)28-20-22-16(10-18(25)23-20)11-27-12(2)3/h6-10,12,17H,5,11H2,1-4H3,(H,21,26)(H,22,23,25). The Balaban J connectivity index is 2.11. The van der Waals surface area contributed by atoms with Crippen LogP contribution in [0, 0.1) is 0 Å².